The maximum absolute atomic E-state index is 12.4. The highest BCUT2D eigenvalue weighted by molar-refractivity contribution is 8.02. The minimum absolute atomic E-state index is 0.0166. The molecule has 2 aromatic rings. The van der Waals surface area contributed by atoms with Gasteiger partial charge in [-0.15, -0.1) is 11.3 Å². The summed E-state index contributed by atoms with van der Waals surface area (Å²) in [5.41, 5.74) is 5.34. The monoisotopic (exact) mass is 320 g/mol. The fraction of sp³-hybridized carbons (Fsp3) is 0.375. The predicted octanol–water partition coefficient (Wildman–Crippen LogP) is 4.50. The SMILES string of the molecule is Cc1cc(C)c(NC(=O)[C@@H](C)Sc2nc(C)cs2)c(C)c1. The van der Waals surface area contributed by atoms with Crippen LogP contribution in [-0.4, -0.2) is 16.1 Å². The zero-order valence-corrected chi connectivity index (χ0v) is 14.6. The largest absolute Gasteiger partial charge is 0.325 e. The summed E-state index contributed by atoms with van der Waals surface area (Å²) in [6, 6.07) is 4.18. The van der Waals surface area contributed by atoms with Gasteiger partial charge in [0.1, 0.15) is 0 Å². The molecule has 1 aromatic carbocycles. The molecule has 2 rings (SSSR count). The molecule has 1 aromatic heterocycles. The van der Waals surface area contributed by atoms with Crippen molar-refractivity contribution >= 4 is 34.7 Å². The third kappa shape index (κ3) is 4.08. The van der Waals surface area contributed by atoms with E-state index in [1.807, 2.05) is 33.1 Å². The van der Waals surface area contributed by atoms with Gasteiger partial charge in [-0.25, -0.2) is 4.98 Å². The number of rotatable bonds is 4. The van der Waals surface area contributed by atoms with Crippen molar-refractivity contribution in [2.24, 2.45) is 0 Å². The summed E-state index contributed by atoms with van der Waals surface area (Å²) in [6.45, 7) is 9.99. The Hall–Kier alpha value is -1.33. The molecule has 0 unspecified atom stereocenters. The molecule has 0 aliphatic heterocycles. The molecule has 1 N–H and O–H groups in total. The fourth-order valence-electron chi connectivity index (χ4n) is 2.19. The number of nitrogens with zero attached hydrogens (tertiary/aromatic N) is 1. The molecule has 112 valence electrons. The van der Waals surface area contributed by atoms with E-state index in [0.29, 0.717) is 0 Å². The summed E-state index contributed by atoms with van der Waals surface area (Å²) in [4.78, 5) is 16.7. The second-order valence-corrected chi connectivity index (χ2v) is 7.72. The first kappa shape index (κ1) is 16.0. The van der Waals surface area contributed by atoms with Gasteiger partial charge >= 0.3 is 0 Å². The molecule has 0 aliphatic rings. The number of carbonyl (C=O) groups is 1. The van der Waals surface area contributed by atoms with Crippen LogP contribution in [0.15, 0.2) is 21.9 Å². The lowest BCUT2D eigenvalue weighted by atomic mass is 10.1. The zero-order valence-electron chi connectivity index (χ0n) is 13.0. The number of thiazole rings is 1. The normalized spacial score (nSPS) is 12.2. The highest BCUT2D eigenvalue weighted by Crippen LogP contribution is 2.28. The van der Waals surface area contributed by atoms with E-state index < -0.39 is 0 Å². The van der Waals surface area contributed by atoms with Crippen molar-refractivity contribution in [3.63, 3.8) is 0 Å². The maximum atomic E-state index is 12.4. The molecular formula is C16H20N2OS2. The van der Waals surface area contributed by atoms with Gasteiger partial charge in [-0.3, -0.25) is 4.79 Å². The molecule has 1 atom stereocenters. The Morgan fingerprint density at radius 3 is 2.38 bits per heavy atom. The Bertz CT molecular complexity index is 641. The molecule has 1 heterocycles. The lowest BCUT2D eigenvalue weighted by Crippen LogP contribution is -2.23. The summed E-state index contributed by atoms with van der Waals surface area (Å²) in [5.74, 6) is 0.0166. The first-order valence-corrected chi connectivity index (χ1v) is 8.60. The van der Waals surface area contributed by atoms with E-state index in [-0.39, 0.29) is 11.2 Å². The number of anilines is 1. The summed E-state index contributed by atoms with van der Waals surface area (Å²) >= 11 is 3.08. The van der Waals surface area contributed by atoms with Crippen LogP contribution >= 0.6 is 23.1 Å². The van der Waals surface area contributed by atoms with Gasteiger partial charge in [0, 0.05) is 16.8 Å². The van der Waals surface area contributed by atoms with Crippen LogP contribution in [0.25, 0.3) is 0 Å². The molecule has 0 saturated carbocycles. The van der Waals surface area contributed by atoms with Gasteiger partial charge in [0.15, 0.2) is 4.34 Å². The van der Waals surface area contributed by atoms with E-state index in [1.54, 1.807) is 11.3 Å². The van der Waals surface area contributed by atoms with Gasteiger partial charge in [-0.05, 0) is 45.7 Å². The number of carbonyl (C=O) groups excluding carboxylic acids is 1. The van der Waals surface area contributed by atoms with Crippen LogP contribution in [0.3, 0.4) is 0 Å². The van der Waals surface area contributed by atoms with E-state index in [0.717, 1.165) is 26.8 Å². The van der Waals surface area contributed by atoms with Gasteiger partial charge < -0.3 is 5.32 Å². The predicted molar refractivity (Wildman–Crippen MR) is 91.5 cm³/mol. The summed E-state index contributed by atoms with van der Waals surface area (Å²) in [7, 11) is 0. The quantitative estimate of drug-likeness (QED) is 0.844. The van der Waals surface area contributed by atoms with Crippen LogP contribution in [0.1, 0.15) is 29.3 Å². The molecule has 0 saturated heterocycles. The molecule has 0 spiro atoms. The summed E-state index contributed by atoms with van der Waals surface area (Å²) in [6.07, 6.45) is 0. The second kappa shape index (κ2) is 6.62. The highest BCUT2D eigenvalue weighted by atomic mass is 32.2. The van der Waals surface area contributed by atoms with Crippen LogP contribution in [-0.2, 0) is 4.79 Å². The first-order valence-electron chi connectivity index (χ1n) is 6.84. The van der Waals surface area contributed by atoms with Crippen molar-refractivity contribution < 1.29 is 4.79 Å². The van der Waals surface area contributed by atoms with E-state index in [2.05, 4.69) is 29.4 Å². The zero-order chi connectivity index (χ0) is 15.6. The standard InChI is InChI=1S/C16H20N2OS2/c1-9-6-10(2)14(11(3)7-9)18-15(19)13(5)21-16-17-12(4)8-20-16/h6-8,13H,1-5H3,(H,18,19)/t13-/m1/s1. The van der Waals surface area contributed by atoms with Gasteiger partial charge in [0.05, 0.1) is 5.25 Å². The van der Waals surface area contributed by atoms with Gasteiger partial charge in [0.25, 0.3) is 0 Å². The summed E-state index contributed by atoms with van der Waals surface area (Å²) in [5, 5.41) is 4.88. The number of aryl methyl sites for hydroxylation is 4. The smallest absolute Gasteiger partial charge is 0.237 e. The van der Waals surface area contributed by atoms with Crippen molar-refractivity contribution in [2.45, 2.75) is 44.2 Å². The highest BCUT2D eigenvalue weighted by Gasteiger charge is 2.17. The second-order valence-electron chi connectivity index (χ2n) is 5.28. The topological polar surface area (TPSA) is 42.0 Å². The average molecular weight is 320 g/mol. The first-order chi connectivity index (χ1) is 9.86. The van der Waals surface area contributed by atoms with Crippen molar-refractivity contribution in [2.75, 3.05) is 5.32 Å². The van der Waals surface area contributed by atoms with Gasteiger partial charge in [-0.1, -0.05) is 29.5 Å². The molecule has 21 heavy (non-hydrogen) atoms. The molecule has 1 amide bonds. The van der Waals surface area contributed by atoms with Gasteiger partial charge in [-0.2, -0.15) is 0 Å². The van der Waals surface area contributed by atoms with Crippen LogP contribution in [0, 0.1) is 27.7 Å². The van der Waals surface area contributed by atoms with E-state index >= 15 is 0 Å². The fourth-order valence-corrected chi connectivity index (χ4v) is 4.18. The third-order valence-electron chi connectivity index (χ3n) is 3.17. The van der Waals surface area contributed by atoms with Gasteiger partial charge in [0.2, 0.25) is 5.91 Å². The molecule has 0 aliphatic carbocycles. The van der Waals surface area contributed by atoms with Crippen LogP contribution in [0.4, 0.5) is 5.69 Å². The number of hydrogen-bond donors (Lipinski definition) is 1. The lowest BCUT2D eigenvalue weighted by Gasteiger charge is -2.15. The lowest BCUT2D eigenvalue weighted by molar-refractivity contribution is -0.115. The molecule has 0 radical (unpaired) electrons. The molecule has 5 heteroatoms. The minimum Gasteiger partial charge on any atom is -0.325 e. The minimum atomic E-state index is -0.171. The molecule has 3 nitrogen and oxygen atoms in total. The number of thioether (sulfide) groups is 1. The Balaban J connectivity index is 2.07. The number of aromatic nitrogens is 1. The summed E-state index contributed by atoms with van der Waals surface area (Å²) < 4.78 is 0.938. The van der Waals surface area contributed by atoms with Crippen molar-refractivity contribution in [3.05, 3.63) is 39.9 Å². The Morgan fingerprint density at radius 2 is 1.86 bits per heavy atom. The average Bonchev–Trinajstić information content (AvgIpc) is 2.78. The van der Waals surface area contributed by atoms with Crippen LogP contribution in [0.2, 0.25) is 0 Å². The number of benzene rings is 1. The van der Waals surface area contributed by atoms with Crippen molar-refractivity contribution in [1.82, 2.24) is 4.98 Å². The number of hydrogen-bond acceptors (Lipinski definition) is 4. The third-order valence-corrected chi connectivity index (χ3v) is 5.36. The van der Waals surface area contributed by atoms with E-state index in [4.69, 9.17) is 0 Å². The number of amides is 1. The van der Waals surface area contributed by atoms with Crippen LogP contribution < -0.4 is 5.32 Å². The number of nitrogens with one attached hydrogen (secondary N) is 1. The van der Waals surface area contributed by atoms with E-state index in [9.17, 15) is 4.79 Å². The molecule has 0 bridgehead atoms. The van der Waals surface area contributed by atoms with Crippen LogP contribution in [0.5, 0.6) is 0 Å². The molecule has 0 fully saturated rings. The molecular weight excluding hydrogens is 300 g/mol. The Morgan fingerprint density at radius 1 is 1.24 bits per heavy atom. The Labute approximate surface area is 134 Å². The Kier molecular flexibility index (Phi) is 5.06. The maximum Gasteiger partial charge on any atom is 0.237 e. The van der Waals surface area contributed by atoms with E-state index in [1.165, 1.54) is 17.3 Å². The van der Waals surface area contributed by atoms with Crippen molar-refractivity contribution in [3.8, 4) is 0 Å². The van der Waals surface area contributed by atoms with Crippen molar-refractivity contribution in [1.29, 1.82) is 0 Å².